The molecule has 1 saturated carbocycles. The van der Waals surface area contributed by atoms with Crippen LogP contribution in [0.15, 0.2) is 19.0 Å². The predicted molar refractivity (Wildman–Crippen MR) is 58.9 cm³/mol. The first-order chi connectivity index (χ1) is 6.88. The molecule has 76 valence electrons. The average Bonchev–Trinajstić information content (AvgIpc) is 2.67. The molecule has 0 spiro atoms. The monoisotopic (exact) mass is 190 g/mol. The Hall–Kier alpha value is -1.05. The number of hydrogen-bond acceptors (Lipinski definition) is 1. The molecule has 2 nitrogen and oxygen atoms in total. The van der Waals surface area contributed by atoms with Crippen molar-refractivity contribution in [1.82, 2.24) is 9.78 Å². The van der Waals surface area contributed by atoms with Gasteiger partial charge in [0.25, 0.3) is 0 Å². The molecule has 2 heteroatoms. The lowest BCUT2D eigenvalue weighted by Crippen LogP contribution is -2.14. The van der Waals surface area contributed by atoms with Crippen molar-refractivity contribution < 1.29 is 0 Å². The molecule has 1 aliphatic rings. The van der Waals surface area contributed by atoms with Crippen molar-refractivity contribution in [1.29, 1.82) is 0 Å². The SMILES string of the molecule is C=Cc1cnn(CC2CCCCC2)c1. The second-order valence-electron chi connectivity index (χ2n) is 4.20. The summed E-state index contributed by atoms with van der Waals surface area (Å²) in [7, 11) is 0. The molecule has 0 bridgehead atoms. The first kappa shape index (κ1) is 9.50. The molecule has 0 amide bonds. The van der Waals surface area contributed by atoms with Gasteiger partial charge in [0.1, 0.15) is 0 Å². The Morgan fingerprint density at radius 2 is 2.21 bits per heavy atom. The van der Waals surface area contributed by atoms with Gasteiger partial charge in [0.15, 0.2) is 0 Å². The van der Waals surface area contributed by atoms with Crippen LogP contribution in [-0.4, -0.2) is 9.78 Å². The zero-order valence-corrected chi connectivity index (χ0v) is 8.65. The van der Waals surface area contributed by atoms with Crippen LogP contribution in [0.4, 0.5) is 0 Å². The molecule has 0 saturated heterocycles. The summed E-state index contributed by atoms with van der Waals surface area (Å²) >= 11 is 0. The summed E-state index contributed by atoms with van der Waals surface area (Å²) in [6.45, 7) is 4.83. The molecule has 0 radical (unpaired) electrons. The molecule has 2 rings (SSSR count). The van der Waals surface area contributed by atoms with Gasteiger partial charge in [-0.2, -0.15) is 5.10 Å². The molecule has 1 aromatic rings. The minimum Gasteiger partial charge on any atom is -0.272 e. The molecular weight excluding hydrogens is 172 g/mol. The Morgan fingerprint density at radius 1 is 1.43 bits per heavy atom. The number of rotatable bonds is 3. The van der Waals surface area contributed by atoms with Crippen LogP contribution in [0, 0.1) is 5.92 Å². The standard InChI is InChI=1S/C12H18N2/c1-2-11-8-13-14(9-11)10-12-6-4-3-5-7-12/h2,8-9,12H,1,3-7,10H2. The predicted octanol–water partition coefficient (Wildman–Crippen LogP) is 3.11. The maximum atomic E-state index is 4.33. The van der Waals surface area contributed by atoms with Crippen LogP contribution in [0.3, 0.4) is 0 Å². The molecule has 1 aliphatic carbocycles. The molecule has 1 heterocycles. The van der Waals surface area contributed by atoms with Gasteiger partial charge in [0.05, 0.1) is 6.20 Å². The Bertz CT molecular complexity index is 295. The number of aromatic nitrogens is 2. The Labute approximate surface area is 85.6 Å². The van der Waals surface area contributed by atoms with Crippen molar-refractivity contribution in [3.8, 4) is 0 Å². The normalized spacial score (nSPS) is 18.3. The van der Waals surface area contributed by atoms with Crippen LogP contribution in [0.5, 0.6) is 0 Å². The van der Waals surface area contributed by atoms with Crippen LogP contribution in [0.2, 0.25) is 0 Å². The van der Waals surface area contributed by atoms with Crippen molar-refractivity contribution in [2.24, 2.45) is 5.92 Å². The fraction of sp³-hybridized carbons (Fsp3) is 0.583. The molecule has 0 aliphatic heterocycles. The fourth-order valence-corrected chi connectivity index (χ4v) is 2.22. The molecule has 0 aromatic carbocycles. The number of nitrogens with zero attached hydrogens (tertiary/aromatic N) is 2. The van der Waals surface area contributed by atoms with Gasteiger partial charge in [-0.3, -0.25) is 4.68 Å². The summed E-state index contributed by atoms with van der Waals surface area (Å²) in [6, 6.07) is 0. The van der Waals surface area contributed by atoms with E-state index in [0.29, 0.717) is 0 Å². The molecule has 1 aromatic heterocycles. The first-order valence-corrected chi connectivity index (χ1v) is 5.53. The van der Waals surface area contributed by atoms with E-state index < -0.39 is 0 Å². The summed E-state index contributed by atoms with van der Waals surface area (Å²) in [6.07, 6.45) is 12.8. The minimum atomic E-state index is 0.848. The van der Waals surface area contributed by atoms with E-state index in [1.54, 1.807) is 0 Å². The van der Waals surface area contributed by atoms with Gasteiger partial charge >= 0.3 is 0 Å². The van der Waals surface area contributed by atoms with Crippen molar-refractivity contribution in [3.63, 3.8) is 0 Å². The van der Waals surface area contributed by atoms with E-state index in [0.717, 1.165) is 18.0 Å². The van der Waals surface area contributed by atoms with Crippen LogP contribution in [0.25, 0.3) is 6.08 Å². The van der Waals surface area contributed by atoms with Crippen LogP contribution in [-0.2, 0) is 6.54 Å². The second kappa shape index (κ2) is 4.45. The highest BCUT2D eigenvalue weighted by Crippen LogP contribution is 2.24. The maximum absolute atomic E-state index is 4.33. The summed E-state index contributed by atoms with van der Waals surface area (Å²) in [5.74, 6) is 0.848. The summed E-state index contributed by atoms with van der Waals surface area (Å²) in [5, 5.41) is 4.33. The fourth-order valence-electron chi connectivity index (χ4n) is 2.22. The third-order valence-corrected chi connectivity index (χ3v) is 3.06. The highest BCUT2D eigenvalue weighted by atomic mass is 15.3. The largest absolute Gasteiger partial charge is 0.272 e. The van der Waals surface area contributed by atoms with Gasteiger partial charge in [-0.15, -0.1) is 0 Å². The average molecular weight is 190 g/mol. The van der Waals surface area contributed by atoms with Gasteiger partial charge in [-0.25, -0.2) is 0 Å². The lowest BCUT2D eigenvalue weighted by atomic mass is 9.89. The molecule has 14 heavy (non-hydrogen) atoms. The van der Waals surface area contributed by atoms with E-state index >= 15 is 0 Å². The van der Waals surface area contributed by atoms with E-state index in [4.69, 9.17) is 0 Å². The Morgan fingerprint density at radius 3 is 2.86 bits per heavy atom. The van der Waals surface area contributed by atoms with Gasteiger partial charge in [0, 0.05) is 18.3 Å². The maximum Gasteiger partial charge on any atom is 0.0562 e. The molecule has 0 N–H and O–H groups in total. The van der Waals surface area contributed by atoms with Crippen LogP contribution < -0.4 is 0 Å². The minimum absolute atomic E-state index is 0.848. The highest BCUT2D eigenvalue weighted by Gasteiger charge is 2.13. The van der Waals surface area contributed by atoms with Crippen molar-refractivity contribution >= 4 is 6.08 Å². The third kappa shape index (κ3) is 2.25. The number of hydrogen-bond donors (Lipinski definition) is 0. The van der Waals surface area contributed by atoms with Crippen LogP contribution >= 0.6 is 0 Å². The lowest BCUT2D eigenvalue weighted by molar-refractivity contribution is 0.308. The van der Waals surface area contributed by atoms with Crippen LogP contribution in [0.1, 0.15) is 37.7 Å². The smallest absolute Gasteiger partial charge is 0.0562 e. The van der Waals surface area contributed by atoms with Gasteiger partial charge in [-0.1, -0.05) is 31.9 Å². The summed E-state index contributed by atoms with van der Waals surface area (Å²) in [5.41, 5.74) is 1.13. The van der Waals surface area contributed by atoms with Crippen molar-refractivity contribution in [2.75, 3.05) is 0 Å². The molecule has 1 fully saturated rings. The molecule has 0 atom stereocenters. The lowest BCUT2D eigenvalue weighted by Gasteiger charge is -2.21. The zero-order valence-electron chi connectivity index (χ0n) is 8.65. The summed E-state index contributed by atoms with van der Waals surface area (Å²) < 4.78 is 2.06. The van der Waals surface area contributed by atoms with E-state index in [1.807, 2.05) is 12.3 Å². The Kier molecular flexibility index (Phi) is 3.02. The third-order valence-electron chi connectivity index (χ3n) is 3.06. The van der Waals surface area contributed by atoms with Crippen molar-refractivity contribution in [3.05, 3.63) is 24.5 Å². The quantitative estimate of drug-likeness (QED) is 0.716. The van der Waals surface area contributed by atoms with E-state index in [2.05, 4.69) is 22.6 Å². The van der Waals surface area contributed by atoms with E-state index in [9.17, 15) is 0 Å². The van der Waals surface area contributed by atoms with E-state index in [-0.39, 0.29) is 0 Å². The van der Waals surface area contributed by atoms with Gasteiger partial charge < -0.3 is 0 Å². The molecular formula is C12H18N2. The van der Waals surface area contributed by atoms with E-state index in [1.165, 1.54) is 32.1 Å². The second-order valence-corrected chi connectivity index (χ2v) is 4.20. The van der Waals surface area contributed by atoms with Crippen molar-refractivity contribution in [2.45, 2.75) is 38.6 Å². The van der Waals surface area contributed by atoms with Gasteiger partial charge in [0.2, 0.25) is 0 Å². The Balaban J connectivity index is 1.92. The summed E-state index contributed by atoms with van der Waals surface area (Å²) in [4.78, 5) is 0. The van der Waals surface area contributed by atoms with Gasteiger partial charge in [-0.05, 0) is 18.8 Å². The highest BCUT2D eigenvalue weighted by molar-refractivity contribution is 5.43. The first-order valence-electron chi connectivity index (χ1n) is 5.53. The zero-order chi connectivity index (χ0) is 9.80. The topological polar surface area (TPSA) is 17.8 Å². The molecule has 0 unspecified atom stereocenters.